The zero-order valence-electron chi connectivity index (χ0n) is 11.1. The van der Waals surface area contributed by atoms with Gasteiger partial charge in [0, 0.05) is 12.1 Å². The third-order valence-electron chi connectivity index (χ3n) is 3.49. The summed E-state index contributed by atoms with van der Waals surface area (Å²) >= 11 is 0. The molecule has 112 valence electrons. The Hall–Kier alpha value is -1.20. The maximum atomic E-state index is 13.0. The van der Waals surface area contributed by atoms with Crippen molar-refractivity contribution in [3.63, 3.8) is 0 Å². The van der Waals surface area contributed by atoms with Gasteiger partial charge in [0.25, 0.3) is 0 Å². The van der Waals surface area contributed by atoms with Crippen molar-refractivity contribution in [2.24, 2.45) is 5.73 Å². The van der Waals surface area contributed by atoms with Crippen LogP contribution >= 0.6 is 12.4 Å². The van der Waals surface area contributed by atoms with E-state index in [-0.39, 0.29) is 36.8 Å². The van der Waals surface area contributed by atoms with E-state index in [1.165, 1.54) is 6.07 Å². The van der Waals surface area contributed by atoms with Crippen molar-refractivity contribution in [3.05, 3.63) is 35.4 Å². The molecule has 0 radical (unpaired) electrons. The smallest absolute Gasteiger partial charge is 0.224 e. The van der Waals surface area contributed by atoms with Crippen molar-refractivity contribution < 1.29 is 13.6 Å². The second-order valence-corrected chi connectivity index (χ2v) is 5.10. The van der Waals surface area contributed by atoms with Crippen molar-refractivity contribution in [1.82, 2.24) is 5.32 Å². The summed E-state index contributed by atoms with van der Waals surface area (Å²) in [7, 11) is 0. The van der Waals surface area contributed by atoms with Gasteiger partial charge in [0.1, 0.15) is 0 Å². The first-order valence-corrected chi connectivity index (χ1v) is 6.53. The van der Waals surface area contributed by atoms with Gasteiger partial charge < -0.3 is 11.1 Å². The summed E-state index contributed by atoms with van der Waals surface area (Å²) < 4.78 is 25.8. The van der Waals surface area contributed by atoms with E-state index in [1.54, 1.807) is 0 Å². The van der Waals surface area contributed by atoms with Crippen molar-refractivity contribution in [1.29, 1.82) is 0 Å². The Balaban J connectivity index is 0.00000200. The summed E-state index contributed by atoms with van der Waals surface area (Å²) in [5.41, 5.74) is 6.27. The molecule has 0 spiro atoms. The molecular formula is C14H19ClF2N2O. The van der Waals surface area contributed by atoms with Gasteiger partial charge >= 0.3 is 0 Å². The van der Waals surface area contributed by atoms with Crippen LogP contribution in [0.1, 0.15) is 31.2 Å². The maximum absolute atomic E-state index is 13.0. The number of amides is 1. The fraction of sp³-hybridized carbons (Fsp3) is 0.500. The summed E-state index contributed by atoms with van der Waals surface area (Å²) in [6, 6.07) is 3.91. The molecule has 20 heavy (non-hydrogen) atoms. The van der Waals surface area contributed by atoms with E-state index < -0.39 is 11.6 Å². The van der Waals surface area contributed by atoms with Gasteiger partial charge in [0.2, 0.25) is 5.91 Å². The maximum Gasteiger partial charge on any atom is 0.224 e. The molecule has 1 aromatic carbocycles. The summed E-state index contributed by atoms with van der Waals surface area (Å²) in [6.45, 7) is 0. The average molecular weight is 305 g/mol. The molecule has 0 saturated heterocycles. The van der Waals surface area contributed by atoms with Crippen LogP contribution in [0.2, 0.25) is 0 Å². The van der Waals surface area contributed by atoms with Crippen LogP contribution in [0, 0.1) is 11.6 Å². The number of hydrogen-bond acceptors (Lipinski definition) is 2. The van der Waals surface area contributed by atoms with Crippen LogP contribution < -0.4 is 11.1 Å². The molecule has 1 amide bonds. The van der Waals surface area contributed by atoms with Crippen molar-refractivity contribution >= 4 is 18.3 Å². The molecule has 1 saturated carbocycles. The van der Waals surface area contributed by atoms with E-state index in [9.17, 15) is 13.6 Å². The van der Waals surface area contributed by atoms with Gasteiger partial charge in [0.15, 0.2) is 11.6 Å². The monoisotopic (exact) mass is 304 g/mol. The first kappa shape index (κ1) is 16.9. The number of carbonyl (C=O) groups excluding carboxylic acids is 1. The van der Waals surface area contributed by atoms with Crippen LogP contribution in [-0.2, 0) is 11.2 Å². The lowest BCUT2D eigenvalue weighted by molar-refractivity contribution is -0.121. The lowest BCUT2D eigenvalue weighted by Crippen LogP contribution is -2.41. The third kappa shape index (κ3) is 4.72. The number of nitrogens with two attached hydrogens (primary N) is 1. The lowest BCUT2D eigenvalue weighted by Gasteiger charge is -2.26. The van der Waals surface area contributed by atoms with Crippen LogP contribution in [-0.4, -0.2) is 18.0 Å². The topological polar surface area (TPSA) is 55.1 Å². The van der Waals surface area contributed by atoms with E-state index in [0.29, 0.717) is 5.56 Å². The zero-order valence-corrected chi connectivity index (χ0v) is 11.9. The Morgan fingerprint density at radius 3 is 2.45 bits per heavy atom. The predicted octanol–water partition coefficient (Wildman–Crippen LogP) is 2.32. The van der Waals surface area contributed by atoms with Crippen molar-refractivity contribution in [2.45, 2.75) is 44.2 Å². The summed E-state index contributed by atoms with van der Waals surface area (Å²) in [5.74, 6) is -1.98. The molecule has 3 N–H and O–H groups in total. The highest BCUT2D eigenvalue weighted by Crippen LogP contribution is 2.17. The quantitative estimate of drug-likeness (QED) is 0.900. The van der Waals surface area contributed by atoms with E-state index in [1.807, 2.05) is 0 Å². The highest BCUT2D eigenvalue weighted by atomic mass is 35.5. The van der Waals surface area contributed by atoms with E-state index in [4.69, 9.17) is 5.73 Å². The summed E-state index contributed by atoms with van der Waals surface area (Å²) in [4.78, 5) is 11.8. The average Bonchev–Trinajstić information content (AvgIpc) is 2.37. The number of hydrogen-bond donors (Lipinski definition) is 2. The number of rotatable bonds is 3. The highest BCUT2D eigenvalue weighted by molar-refractivity contribution is 5.85. The molecule has 1 aromatic rings. The minimum Gasteiger partial charge on any atom is -0.353 e. The number of halogens is 3. The zero-order chi connectivity index (χ0) is 13.8. The second kappa shape index (κ2) is 7.55. The number of carbonyl (C=O) groups is 1. The van der Waals surface area contributed by atoms with Gasteiger partial charge in [0.05, 0.1) is 6.42 Å². The largest absolute Gasteiger partial charge is 0.353 e. The fourth-order valence-corrected chi connectivity index (χ4v) is 2.38. The molecule has 0 atom stereocenters. The minimum absolute atomic E-state index is 0. The van der Waals surface area contributed by atoms with Gasteiger partial charge in [-0.2, -0.15) is 0 Å². The first-order chi connectivity index (χ1) is 9.04. The Morgan fingerprint density at radius 2 is 1.85 bits per heavy atom. The van der Waals surface area contributed by atoms with Gasteiger partial charge in [-0.3, -0.25) is 4.79 Å². The second-order valence-electron chi connectivity index (χ2n) is 5.10. The minimum atomic E-state index is -0.922. The van der Waals surface area contributed by atoms with Crippen LogP contribution in [0.15, 0.2) is 18.2 Å². The summed E-state index contributed by atoms with van der Waals surface area (Å²) in [6.07, 6.45) is 3.65. The molecule has 0 heterocycles. The molecule has 0 aliphatic heterocycles. The van der Waals surface area contributed by atoms with Crippen molar-refractivity contribution in [2.75, 3.05) is 0 Å². The van der Waals surface area contributed by atoms with Gasteiger partial charge in [-0.15, -0.1) is 12.4 Å². The van der Waals surface area contributed by atoms with Crippen LogP contribution in [0.5, 0.6) is 0 Å². The Bertz CT molecular complexity index is 462. The fourth-order valence-electron chi connectivity index (χ4n) is 2.38. The molecule has 0 bridgehead atoms. The molecular weight excluding hydrogens is 286 g/mol. The predicted molar refractivity (Wildman–Crippen MR) is 75.7 cm³/mol. The molecule has 0 unspecified atom stereocenters. The van der Waals surface area contributed by atoms with Crippen LogP contribution in [0.3, 0.4) is 0 Å². The van der Waals surface area contributed by atoms with E-state index in [0.717, 1.165) is 37.8 Å². The SMILES string of the molecule is Cl.NC1CCC(NC(=O)Cc2ccc(F)c(F)c2)CC1. The van der Waals surface area contributed by atoms with Gasteiger partial charge in [-0.05, 0) is 43.4 Å². The summed E-state index contributed by atoms with van der Waals surface area (Å²) in [5, 5.41) is 2.91. The molecule has 1 aliphatic carbocycles. The molecule has 2 rings (SSSR count). The molecule has 6 heteroatoms. The standard InChI is InChI=1S/C14H18F2N2O.ClH/c15-12-6-1-9(7-13(12)16)8-14(19)18-11-4-2-10(17)3-5-11;/h1,6-7,10-11H,2-5,8,17H2,(H,18,19);1H. The Morgan fingerprint density at radius 1 is 1.20 bits per heavy atom. The molecule has 3 nitrogen and oxygen atoms in total. The molecule has 1 fully saturated rings. The lowest BCUT2D eigenvalue weighted by atomic mass is 9.91. The number of benzene rings is 1. The van der Waals surface area contributed by atoms with Gasteiger partial charge in [-0.25, -0.2) is 8.78 Å². The Labute approximate surface area is 123 Å². The number of nitrogens with one attached hydrogen (secondary N) is 1. The van der Waals surface area contributed by atoms with E-state index in [2.05, 4.69) is 5.32 Å². The van der Waals surface area contributed by atoms with Crippen LogP contribution in [0.25, 0.3) is 0 Å². The van der Waals surface area contributed by atoms with Crippen molar-refractivity contribution in [3.8, 4) is 0 Å². The molecule has 0 aromatic heterocycles. The third-order valence-corrected chi connectivity index (χ3v) is 3.49. The molecule has 1 aliphatic rings. The van der Waals surface area contributed by atoms with E-state index >= 15 is 0 Å². The Kier molecular flexibility index (Phi) is 6.36. The van der Waals surface area contributed by atoms with Gasteiger partial charge in [-0.1, -0.05) is 6.07 Å². The highest BCUT2D eigenvalue weighted by Gasteiger charge is 2.20. The first-order valence-electron chi connectivity index (χ1n) is 6.53. The van der Waals surface area contributed by atoms with Crippen LogP contribution in [0.4, 0.5) is 8.78 Å². The normalized spacial score (nSPS) is 21.9.